The van der Waals surface area contributed by atoms with Crippen molar-refractivity contribution < 1.29 is 24.9 Å². The van der Waals surface area contributed by atoms with E-state index in [1.165, 1.54) is 12.5 Å². The fraction of sp³-hybridized carbons (Fsp3) is 0.833. The average molecular weight is 489 g/mol. The Morgan fingerprint density at radius 3 is 2.60 bits per heavy atom. The molecule has 0 heterocycles. The summed E-state index contributed by atoms with van der Waals surface area (Å²) in [6.45, 7) is 14.7. The Labute approximate surface area is 212 Å². The Kier molecular flexibility index (Phi) is 7.64. The number of aliphatic hydroxyl groups excluding tert-OH is 3. The highest BCUT2D eigenvalue weighted by molar-refractivity contribution is 5.66. The quantitative estimate of drug-likeness (QED) is 0.345. The van der Waals surface area contributed by atoms with Crippen LogP contribution in [0, 0.1) is 46.3 Å². The van der Waals surface area contributed by atoms with E-state index in [0.29, 0.717) is 42.9 Å². The van der Waals surface area contributed by atoms with Crippen LogP contribution in [0.3, 0.4) is 0 Å². The maximum Gasteiger partial charge on any atom is 0.302 e. The van der Waals surface area contributed by atoms with Gasteiger partial charge >= 0.3 is 5.97 Å². The molecule has 10 atom stereocenters. The van der Waals surface area contributed by atoms with Crippen molar-refractivity contribution in [2.75, 3.05) is 6.61 Å². The molecule has 3 fully saturated rings. The van der Waals surface area contributed by atoms with Gasteiger partial charge in [-0.25, -0.2) is 0 Å². The van der Waals surface area contributed by atoms with E-state index in [1.807, 2.05) is 0 Å². The number of carbonyl (C=O) groups is 1. The van der Waals surface area contributed by atoms with Crippen molar-refractivity contribution in [2.45, 2.75) is 104 Å². The minimum absolute atomic E-state index is 0.0289. The summed E-state index contributed by atoms with van der Waals surface area (Å²) in [7, 11) is 0. The Morgan fingerprint density at radius 1 is 1.26 bits per heavy atom. The lowest BCUT2D eigenvalue weighted by Crippen LogP contribution is -2.62. The monoisotopic (exact) mass is 488 g/mol. The number of rotatable bonds is 7. The zero-order valence-corrected chi connectivity index (χ0v) is 22.5. The molecule has 0 aromatic rings. The number of esters is 1. The summed E-state index contributed by atoms with van der Waals surface area (Å²) in [6, 6.07) is 0. The number of ether oxygens (including phenoxy) is 1. The molecule has 5 nitrogen and oxygen atoms in total. The van der Waals surface area contributed by atoms with Gasteiger partial charge < -0.3 is 20.1 Å². The second kappa shape index (κ2) is 9.95. The van der Waals surface area contributed by atoms with Crippen molar-refractivity contribution in [2.24, 2.45) is 46.3 Å². The summed E-state index contributed by atoms with van der Waals surface area (Å²) in [5, 5.41) is 33.2. The van der Waals surface area contributed by atoms with Gasteiger partial charge in [0.05, 0.1) is 12.2 Å². The molecule has 4 rings (SSSR count). The molecule has 35 heavy (non-hydrogen) atoms. The van der Waals surface area contributed by atoms with Gasteiger partial charge in [-0.15, -0.1) is 0 Å². The first-order valence-corrected chi connectivity index (χ1v) is 14.0. The largest absolute Gasteiger partial charge is 0.462 e. The summed E-state index contributed by atoms with van der Waals surface area (Å²) in [4.78, 5) is 12.0. The average Bonchev–Trinajstić information content (AvgIpc) is 3.17. The van der Waals surface area contributed by atoms with Crippen LogP contribution in [0.5, 0.6) is 0 Å². The fourth-order valence-corrected chi connectivity index (χ4v) is 9.05. The molecule has 0 bridgehead atoms. The van der Waals surface area contributed by atoms with Crippen LogP contribution in [-0.4, -0.2) is 46.2 Å². The van der Waals surface area contributed by atoms with Gasteiger partial charge in [0.15, 0.2) is 0 Å². The summed E-state index contributed by atoms with van der Waals surface area (Å²) in [6.07, 6.45) is 7.48. The topological polar surface area (TPSA) is 87.0 Å². The van der Waals surface area contributed by atoms with Gasteiger partial charge in [0.25, 0.3) is 0 Å². The third-order valence-electron chi connectivity index (χ3n) is 10.9. The number of allylic oxidation sites excluding steroid dienone is 2. The Bertz CT molecular complexity index is 848. The summed E-state index contributed by atoms with van der Waals surface area (Å²) in [5.74, 6) is 1.58. The molecular formula is C30H48O5. The van der Waals surface area contributed by atoms with Crippen LogP contribution in [0.1, 0.15) is 86.0 Å². The highest BCUT2D eigenvalue weighted by Crippen LogP contribution is 2.67. The SMILES string of the molecule is C=C(CCC(C)C1CCC2C3CC=C4CC(O)CC(OC(C)=O)C4(C)C3C(O)CC12CO)C(C)C. The first-order valence-electron chi connectivity index (χ1n) is 14.0. The number of aliphatic hydroxyl groups is 3. The van der Waals surface area contributed by atoms with E-state index < -0.39 is 23.7 Å². The molecule has 0 aromatic carbocycles. The minimum atomic E-state index is -0.566. The lowest BCUT2D eigenvalue weighted by molar-refractivity contribution is -0.188. The van der Waals surface area contributed by atoms with Crippen LogP contribution in [-0.2, 0) is 9.53 Å². The smallest absolute Gasteiger partial charge is 0.302 e. The first kappa shape index (κ1) is 26.9. The molecule has 4 aliphatic rings. The van der Waals surface area contributed by atoms with Gasteiger partial charge in [-0.1, -0.05) is 51.5 Å². The standard InChI is InChI=1S/C30H48O5/c1-17(2)18(3)7-8-19(4)24-11-12-25-23-10-9-21-13-22(33)14-27(35-20(5)32)29(21,6)28(23)26(34)15-30(24,25)16-31/h9,17,19,22-28,31,33-34H,3,7-8,10-16H2,1-2,4-6H3. The van der Waals surface area contributed by atoms with Crippen LogP contribution in [0.25, 0.3) is 0 Å². The molecule has 10 unspecified atom stereocenters. The molecule has 0 spiro atoms. The molecule has 3 saturated carbocycles. The predicted molar refractivity (Wildman–Crippen MR) is 137 cm³/mol. The van der Waals surface area contributed by atoms with Crippen molar-refractivity contribution in [3.63, 3.8) is 0 Å². The van der Waals surface area contributed by atoms with Gasteiger partial charge in [-0.05, 0) is 74.5 Å². The highest BCUT2D eigenvalue weighted by atomic mass is 16.5. The number of carbonyl (C=O) groups excluding carboxylic acids is 1. The van der Waals surface area contributed by atoms with E-state index in [-0.39, 0.29) is 29.8 Å². The minimum Gasteiger partial charge on any atom is -0.462 e. The number of fused-ring (bicyclic) bond motifs is 5. The fourth-order valence-electron chi connectivity index (χ4n) is 9.05. The normalized spacial score (nSPS) is 43.6. The molecule has 5 heteroatoms. The number of hydrogen-bond acceptors (Lipinski definition) is 5. The molecule has 0 saturated heterocycles. The zero-order chi connectivity index (χ0) is 25.7. The van der Waals surface area contributed by atoms with E-state index in [9.17, 15) is 20.1 Å². The van der Waals surface area contributed by atoms with E-state index in [4.69, 9.17) is 4.74 Å². The van der Waals surface area contributed by atoms with Crippen molar-refractivity contribution in [3.8, 4) is 0 Å². The summed E-state index contributed by atoms with van der Waals surface area (Å²) < 4.78 is 5.82. The van der Waals surface area contributed by atoms with E-state index in [0.717, 1.165) is 37.7 Å². The van der Waals surface area contributed by atoms with Crippen LogP contribution in [0.15, 0.2) is 23.8 Å². The van der Waals surface area contributed by atoms with Crippen LogP contribution < -0.4 is 0 Å². The third kappa shape index (κ3) is 4.44. The highest BCUT2D eigenvalue weighted by Gasteiger charge is 2.65. The number of hydrogen-bond donors (Lipinski definition) is 3. The van der Waals surface area contributed by atoms with Crippen molar-refractivity contribution in [1.29, 1.82) is 0 Å². The predicted octanol–water partition coefficient (Wildman–Crippen LogP) is 5.04. The molecule has 0 aliphatic heterocycles. The van der Waals surface area contributed by atoms with Gasteiger partial charge in [0, 0.05) is 36.7 Å². The lowest BCUT2D eigenvalue weighted by Gasteiger charge is -2.61. The van der Waals surface area contributed by atoms with Crippen molar-refractivity contribution in [1.82, 2.24) is 0 Å². The van der Waals surface area contributed by atoms with Gasteiger partial charge in [0.2, 0.25) is 0 Å². The maximum atomic E-state index is 12.0. The van der Waals surface area contributed by atoms with Gasteiger partial charge in [-0.3, -0.25) is 4.79 Å². The maximum absolute atomic E-state index is 12.0. The van der Waals surface area contributed by atoms with Gasteiger partial charge in [0.1, 0.15) is 6.10 Å². The Morgan fingerprint density at radius 2 is 1.97 bits per heavy atom. The summed E-state index contributed by atoms with van der Waals surface area (Å²) >= 11 is 0. The van der Waals surface area contributed by atoms with Crippen molar-refractivity contribution in [3.05, 3.63) is 23.8 Å². The molecular weight excluding hydrogens is 440 g/mol. The second-order valence-corrected chi connectivity index (χ2v) is 12.9. The zero-order valence-electron chi connectivity index (χ0n) is 22.5. The van der Waals surface area contributed by atoms with Gasteiger partial charge in [-0.2, -0.15) is 0 Å². The molecule has 0 amide bonds. The van der Waals surface area contributed by atoms with E-state index in [2.05, 4.69) is 40.3 Å². The third-order valence-corrected chi connectivity index (χ3v) is 10.9. The van der Waals surface area contributed by atoms with E-state index in [1.54, 1.807) is 0 Å². The summed E-state index contributed by atoms with van der Waals surface area (Å²) in [5.41, 5.74) is 1.69. The molecule has 0 aromatic heterocycles. The van der Waals surface area contributed by atoms with Crippen LogP contribution in [0.2, 0.25) is 0 Å². The molecule has 4 aliphatic carbocycles. The van der Waals surface area contributed by atoms with Crippen LogP contribution >= 0.6 is 0 Å². The molecule has 3 N–H and O–H groups in total. The Hall–Kier alpha value is -1.17. The first-order chi connectivity index (χ1) is 16.5. The van der Waals surface area contributed by atoms with Crippen molar-refractivity contribution >= 4 is 5.97 Å². The Balaban J connectivity index is 1.63. The van der Waals surface area contributed by atoms with E-state index >= 15 is 0 Å². The van der Waals surface area contributed by atoms with Crippen LogP contribution in [0.4, 0.5) is 0 Å². The molecule has 0 radical (unpaired) electrons. The lowest BCUT2D eigenvalue weighted by atomic mass is 9.45. The second-order valence-electron chi connectivity index (χ2n) is 12.9. The molecule has 198 valence electrons.